The van der Waals surface area contributed by atoms with E-state index in [4.69, 9.17) is 4.74 Å². The summed E-state index contributed by atoms with van der Waals surface area (Å²) < 4.78 is 5.49. The average molecular weight is 227 g/mol. The molecule has 0 bridgehead atoms. The zero-order valence-corrected chi connectivity index (χ0v) is 9.65. The summed E-state index contributed by atoms with van der Waals surface area (Å²) in [6.07, 6.45) is 6.84. The number of hydrogen-bond acceptors (Lipinski definition) is 3. The third-order valence-electron chi connectivity index (χ3n) is 3.73. The van der Waals surface area contributed by atoms with Crippen molar-refractivity contribution in [3.8, 4) is 0 Å². The van der Waals surface area contributed by atoms with E-state index in [1.165, 1.54) is 12.8 Å². The van der Waals surface area contributed by atoms with Crippen LogP contribution in [-0.2, 0) is 9.53 Å². The summed E-state index contributed by atoms with van der Waals surface area (Å²) in [5, 5.41) is 12.4. The summed E-state index contributed by atoms with van der Waals surface area (Å²) in [5.74, 6) is -0.385. The number of ether oxygens (including phenoxy) is 1. The standard InChI is InChI=1S/C12H21NO3/c14-12(15)11(9-4-1-2-5-9)13-8-10-6-3-7-16-10/h9-11,13H,1-8H2,(H,14,15). The maximum Gasteiger partial charge on any atom is 0.320 e. The summed E-state index contributed by atoms with van der Waals surface area (Å²) in [5.41, 5.74) is 0. The molecule has 2 rings (SSSR count). The normalized spacial score (nSPS) is 28.4. The number of aliphatic carboxylic acids is 1. The molecule has 4 heteroatoms. The molecule has 2 atom stereocenters. The van der Waals surface area contributed by atoms with E-state index in [9.17, 15) is 9.90 Å². The summed E-state index contributed by atoms with van der Waals surface area (Å²) in [7, 11) is 0. The van der Waals surface area contributed by atoms with Crippen molar-refractivity contribution < 1.29 is 14.6 Å². The van der Waals surface area contributed by atoms with Gasteiger partial charge in [0.25, 0.3) is 0 Å². The van der Waals surface area contributed by atoms with Crippen LogP contribution in [0.25, 0.3) is 0 Å². The Balaban J connectivity index is 1.79. The fraction of sp³-hybridized carbons (Fsp3) is 0.917. The van der Waals surface area contributed by atoms with Crippen LogP contribution >= 0.6 is 0 Å². The van der Waals surface area contributed by atoms with E-state index in [1.807, 2.05) is 0 Å². The third-order valence-corrected chi connectivity index (χ3v) is 3.73. The smallest absolute Gasteiger partial charge is 0.320 e. The molecule has 0 aromatic carbocycles. The molecule has 0 aromatic heterocycles. The predicted octanol–water partition coefficient (Wildman–Crippen LogP) is 1.40. The minimum absolute atomic E-state index is 0.225. The summed E-state index contributed by atoms with van der Waals surface area (Å²) in [6, 6.07) is -0.369. The molecular weight excluding hydrogens is 206 g/mol. The zero-order valence-electron chi connectivity index (χ0n) is 9.65. The van der Waals surface area contributed by atoms with Crippen molar-refractivity contribution in [2.75, 3.05) is 13.2 Å². The van der Waals surface area contributed by atoms with Gasteiger partial charge in [0.2, 0.25) is 0 Å². The monoisotopic (exact) mass is 227 g/mol. The Hall–Kier alpha value is -0.610. The summed E-state index contributed by atoms with van der Waals surface area (Å²) in [6.45, 7) is 1.51. The van der Waals surface area contributed by atoms with Crippen LogP contribution in [0.2, 0.25) is 0 Å². The first-order valence-electron chi connectivity index (χ1n) is 6.35. The second-order valence-corrected chi connectivity index (χ2v) is 4.90. The van der Waals surface area contributed by atoms with Gasteiger partial charge < -0.3 is 15.2 Å². The molecule has 2 aliphatic rings. The molecular formula is C12H21NO3. The predicted molar refractivity (Wildman–Crippen MR) is 60.4 cm³/mol. The minimum atomic E-state index is -0.704. The first kappa shape index (κ1) is 11.9. The third kappa shape index (κ3) is 2.95. The Kier molecular flexibility index (Phi) is 4.18. The molecule has 1 saturated heterocycles. The van der Waals surface area contributed by atoms with Crippen molar-refractivity contribution in [1.29, 1.82) is 0 Å². The molecule has 0 aromatic rings. The Morgan fingerprint density at radius 2 is 2.06 bits per heavy atom. The maximum absolute atomic E-state index is 11.2. The van der Waals surface area contributed by atoms with Crippen LogP contribution in [0.4, 0.5) is 0 Å². The average Bonchev–Trinajstić information content (AvgIpc) is 2.88. The molecule has 1 heterocycles. The van der Waals surface area contributed by atoms with Gasteiger partial charge in [0, 0.05) is 13.2 Å². The molecule has 1 aliphatic carbocycles. The van der Waals surface area contributed by atoms with Gasteiger partial charge in [0.1, 0.15) is 6.04 Å². The number of hydrogen-bond donors (Lipinski definition) is 2. The number of carboxylic acid groups (broad SMARTS) is 1. The van der Waals surface area contributed by atoms with Crippen LogP contribution in [0.3, 0.4) is 0 Å². The van der Waals surface area contributed by atoms with E-state index < -0.39 is 5.97 Å². The second-order valence-electron chi connectivity index (χ2n) is 4.90. The van der Waals surface area contributed by atoms with E-state index >= 15 is 0 Å². The van der Waals surface area contributed by atoms with Gasteiger partial charge >= 0.3 is 5.97 Å². The zero-order chi connectivity index (χ0) is 11.4. The molecule has 0 spiro atoms. The van der Waals surface area contributed by atoms with Crippen molar-refractivity contribution in [1.82, 2.24) is 5.32 Å². The first-order valence-corrected chi connectivity index (χ1v) is 6.35. The van der Waals surface area contributed by atoms with Crippen LogP contribution in [0.1, 0.15) is 38.5 Å². The fourth-order valence-corrected chi connectivity index (χ4v) is 2.81. The number of carbonyl (C=O) groups is 1. The Morgan fingerprint density at radius 1 is 1.31 bits per heavy atom. The van der Waals surface area contributed by atoms with Crippen molar-refractivity contribution in [2.24, 2.45) is 5.92 Å². The van der Waals surface area contributed by atoms with E-state index in [0.717, 1.165) is 32.3 Å². The quantitative estimate of drug-likeness (QED) is 0.745. The summed E-state index contributed by atoms with van der Waals surface area (Å²) >= 11 is 0. The number of nitrogens with one attached hydrogen (secondary N) is 1. The van der Waals surface area contributed by atoms with Gasteiger partial charge in [-0.2, -0.15) is 0 Å². The Bertz CT molecular complexity index is 232. The molecule has 4 nitrogen and oxygen atoms in total. The second kappa shape index (κ2) is 5.64. The van der Waals surface area contributed by atoms with Crippen molar-refractivity contribution >= 4 is 5.97 Å². The van der Waals surface area contributed by atoms with Gasteiger partial charge in [0.15, 0.2) is 0 Å². The molecule has 1 aliphatic heterocycles. The lowest BCUT2D eigenvalue weighted by Gasteiger charge is -2.22. The maximum atomic E-state index is 11.2. The van der Waals surface area contributed by atoms with E-state index in [-0.39, 0.29) is 12.1 Å². The highest BCUT2D eigenvalue weighted by Crippen LogP contribution is 2.28. The fourth-order valence-electron chi connectivity index (χ4n) is 2.81. The van der Waals surface area contributed by atoms with Gasteiger partial charge in [-0.05, 0) is 31.6 Å². The van der Waals surface area contributed by atoms with Crippen molar-refractivity contribution in [3.63, 3.8) is 0 Å². The molecule has 2 N–H and O–H groups in total. The highest BCUT2D eigenvalue weighted by molar-refractivity contribution is 5.73. The molecule has 16 heavy (non-hydrogen) atoms. The van der Waals surface area contributed by atoms with Crippen molar-refractivity contribution in [3.05, 3.63) is 0 Å². The highest BCUT2D eigenvalue weighted by Gasteiger charge is 2.31. The first-order chi connectivity index (χ1) is 7.77. The van der Waals surface area contributed by atoms with Crippen LogP contribution in [0, 0.1) is 5.92 Å². The lowest BCUT2D eigenvalue weighted by molar-refractivity contribution is -0.141. The number of rotatable bonds is 5. The van der Waals surface area contributed by atoms with Gasteiger partial charge in [0.05, 0.1) is 6.10 Å². The van der Waals surface area contributed by atoms with Gasteiger partial charge in [-0.15, -0.1) is 0 Å². The highest BCUT2D eigenvalue weighted by atomic mass is 16.5. The van der Waals surface area contributed by atoms with Crippen LogP contribution in [0.5, 0.6) is 0 Å². The minimum Gasteiger partial charge on any atom is -0.480 e. The molecule has 2 fully saturated rings. The lowest BCUT2D eigenvalue weighted by atomic mass is 9.98. The summed E-state index contributed by atoms with van der Waals surface area (Å²) in [4.78, 5) is 11.2. The lowest BCUT2D eigenvalue weighted by Crippen LogP contribution is -2.45. The molecule has 0 amide bonds. The van der Waals surface area contributed by atoms with Gasteiger partial charge in [-0.1, -0.05) is 12.8 Å². The molecule has 92 valence electrons. The van der Waals surface area contributed by atoms with Crippen LogP contribution in [-0.4, -0.2) is 36.4 Å². The van der Waals surface area contributed by atoms with E-state index in [1.54, 1.807) is 0 Å². The van der Waals surface area contributed by atoms with E-state index in [2.05, 4.69) is 5.32 Å². The van der Waals surface area contributed by atoms with Crippen molar-refractivity contribution in [2.45, 2.75) is 50.7 Å². The molecule has 0 radical (unpaired) electrons. The largest absolute Gasteiger partial charge is 0.480 e. The van der Waals surface area contributed by atoms with E-state index in [0.29, 0.717) is 12.5 Å². The topological polar surface area (TPSA) is 58.6 Å². The molecule has 2 unspecified atom stereocenters. The molecule has 1 saturated carbocycles. The van der Waals surface area contributed by atoms with Gasteiger partial charge in [-0.3, -0.25) is 4.79 Å². The van der Waals surface area contributed by atoms with Crippen LogP contribution < -0.4 is 5.32 Å². The Labute approximate surface area is 96.4 Å². The Morgan fingerprint density at radius 3 is 2.62 bits per heavy atom. The SMILES string of the molecule is O=C(O)C(NCC1CCCO1)C1CCCC1. The number of carboxylic acids is 1. The van der Waals surface area contributed by atoms with Crippen LogP contribution in [0.15, 0.2) is 0 Å². The van der Waals surface area contributed by atoms with Gasteiger partial charge in [-0.25, -0.2) is 0 Å².